The van der Waals surface area contributed by atoms with Gasteiger partial charge in [0.1, 0.15) is 5.75 Å². The normalized spacial score (nSPS) is 11.2. The molecule has 0 aliphatic rings. The van der Waals surface area contributed by atoms with E-state index < -0.39 is 0 Å². The van der Waals surface area contributed by atoms with Crippen LogP contribution in [0.5, 0.6) is 5.75 Å². The van der Waals surface area contributed by atoms with Gasteiger partial charge in [-0.15, -0.1) is 0 Å². The molecule has 3 nitrogen and oxygen atoms in total. The third kappa shape index (κ3) is 2.57. The Kier molecular flexibility index (Phi) is 3.50. The summed E-state index contributed by atoms with van der Waals surface area (Å²) >= 11 is 0. The van der Waals surface area contributed by atoms with Gasteiger partial charge in [-0.2, -0.15) is 0 Å². The number of hydrogen-bond donors (Lipinski definition) is 1. The molecule has 20 heavy (non-hydrogen) atoms. The van der Waals surface area contributed by atoms with Crippen LogP contribution < -0.4 is 4.74 Å². The van der Waals surface area contributed by atoms with Crippen molar-refractivity contribution in [3.63, 3.8) is 0 Å². The Morgan fingerprint density at radius 3 is 2.70 bits per heavy atom. The number of hydrogen-bond acceptors (Lipinski definition) is 2. The van der Waals surface area contributed by atoms with Gasteiger partial charge in [0.15, 0.2) is 0 Å². The predicted octanol–water partition coefficient (Wildman–Crippen LogP) is 4.32. The number of fused-ring (bicyclic) bond motifs is 1. The van der Waals surface area contributed by atoms with E-state index in [0.29, 0.717) is 6.61 Å². The molecule has 0 spiro atoms. The third-order valence-electron chi connectivity index (χ3n) is 3.12. The first-order valence-corrected chi connectivity index (χ1v) is 6.70. The van der Waals surface area contributed by atoms with E-state index in [1.807, 2.05) is 55.7 Å². The average molecular weight is 264 g/mol. The van der Waals surface area contributed by atoms with Gasteiger partial charge in [-0.05, 0) is 37.3 Å². The van der Waals surface area contributed by atoms with Crippen LogP contribution in [0.3, 0.4) is 0 Å². The highest BCUT2D eigenvalue weighted by Crippen LogP contribution is 2.20. The fraction of sp³-hybridized carbons (Fsp3) is 0.118. The van der Waals surface area contributed by atoms with E-state index in [9.17, 15) is 0 Å². The van der Waals surface area contributed by atoms with Gasteiger partial charge in [-0.3, -0.25) is 4.99 Å². The number of ether oxygens (including phenoxy) is 1. The Bertz CT molecular complexity index is 726. The van der Waals surface area contributed by atoms with Gasteiger partial charge in [0.25, 0.3) is 0 Å². The van der Waals surface area contributed by atoms with E-state index in [-0.39, 0.29) is 0 Å². The second kappa shape index (κ2) is 5.61. The molecular formula is C17H16N2O. The standard InChI is InChI=1S/C17H16N2O/c1-2-20-15-9-7-14(8-10-15)18-11-13-12-19-17-6-4-3-5-16(13)17/h3-12,19H,2H2,1H3. The number of aromatic amines is 1. The summed E-state index contributed by atoms with van der Waals surface area (Å²) in [5.41, 5.74) is 3.13. The van der Waals surface area contributed by atoms with Crippen LogP contribution in [0.15, 0.2) is 59.7 Å². The molecule has 0 unspecified atom stereocenters. The lowest BCUT2D eigenvalue weighted by Gasteiger charge is -2.01. The predicted molar refractivity (Wildman–Crippen MR) is 83.2 cm³/mol. The topological polar surface area (TPSA) is 37.4 Å². The minimum Gasteiger partial charge on any atom is -0.494 e. The largest absolute Gasteiger partial charge is 0.494 e. The molecule has 0 bridgehead atoms. The summed E-state index contributed by atoms with van der Waals surface area (Å²) in [5.74, 6) is 0.874. The van der Waals surface area contributed by atoms with Crippen molar-refractivity contribution >= 4 is 22.8 Å². The minimum atomic E-state index is 0.679. The van der Waals surface area contributed by atoms with Gasteiger partial charge in [0, 0.05) is 28.9 Å². The van der Waals surface area contributed by atoms with Crippen LogP contribution in [0.4, 0.5) is 5.69 Å². The summed E-state index contributed by atoms with van der Waals surface area (Å²) in [7, 11) is 0. The summed E-state index contributed by atoms with van der Waals surface area (Å²) in [5, 5.41) is 1.18. The van der Waals surface area contributed by atoms with Crippen molar-refractivity contribution in [2.45, 2.75) is 6.92 Å². The Hall–Kier alpha value is -2.55. The lowest BCUT2D eigenvalue weighted by molar-refractivity contribution is 0.340. The number of rotatable bonds is 4. The fourth-order valence-corrected chi connectivity index (χ4v) is 2.14. The van der Waals surface area contributed by atoms with Crippen molar-refractivity contribution in [2.24, 2.45) is 4.99 Å². The van der Waals surface area contributed by atoms with Crippen LogP contribution in [0, 0.1) is 0 Å². The number of benzene rings is 2. The maximum Gasteiger partial charge on any atom is 0.119 e. The molecule has 0 amide bonds. The maximum atomic E-state index is 5.41. The number of aliphatic imine (C=N–C) groups is 1. The number of H-pyrrole nitrogens is 1. The SMILES string of the molecule is CCOc1ccc(N=Cc2c[nH]c3ccccc23)cc1. The van der Waals surface area contributed by atoms with Crippen molar-refractivity contribution in [2.75, 3.05) is 6.61 Å². The number of nitrogens with one attached hydrogen (secondary N) is 1. The van der Waals surface area contributed by atoms with Crippen LogP contribution >= 0.6 is 0 Å². The molecule has 0 aliphatic heterocycles. The quantitative estimate of drug-likeness (QED) is 0.700. The molecule has 3 rings (SSSR count). The second-order valence-corrected chi connectivity index (χ2v) is 4.47. The molecule has 0 fully saturated rings. The number of nitrogens with zero attached hydrogens (tertiary/aromatic N) is 1. The lowest BCUT2D eigenvalue weighted by atomic mass is 10.2. The molecule has 2 aromatic carbocycles. The number of aromatic nitrogens is 1. The Morgan fingerprint density at radius 2 is 1.90 bits per heavy atom. The molecule has 3 heteroatoms. The first kappa shape index (κ1) is 12.5. The van der Waals surface area contributed by atoms with Crippen molar-refractivity contribution in [1.82, 2.24) is 4.98 Å². The monoisotopic (exact) mass is 264 g/mol. The highest BCUT2D eigenvalue weighted by molar-refractivity contribution is 5.99. The zero-order valence-electron chi connectivity index (χ0n) is 11.3. The third-order valence-corrected chi connectivity index (χ3v) is 3.12. The summed E-state index contributed by atoms with van der Waals surface area (Å²) in [4.78, 5) is 7.74. The van der Waals surface area contributed by atoms with Gasteiger partial charge in [-0.25, -0.2) is 0 Å². The van der Waals surface area contributed by atoms with Crippen LogP contribution in [0.25, 0.3) is 10.9 Å². The minimum absolute atomic E-state index is 0.679. The highest BCUT2D eigenvalue weighted by Gasteiger charge is 1.99. The molecule has 1 N–H and O–H groups in total. The summed E-state index contributed by atoms with van der Waals surface area (Å²) in [6, 6.07) is 16.0. The highest BCUT2D eigenvalue weighted by atomic mass is 16.5. The van der Waals surface area contributed by atoms with Crippen molar-refractivity contribution in [3.05, 3.63) is 60.3 Å². The molecular weight excluding hydrogens is 248 g/mol. The molecule has 1 heterocycles. The Balaban J connectivity index is 1.83. The molecule has 0 atom stereocenters. The summed E-state index contributed by atoms with van der Waals surface area (Å²) in [6.45, 7) is 2.65. The molecule has 100 valence electrons. The average Bonchev–Trinajstić information content (AvgIpc) is 2.90. The van der Waals surface area contributed by atoms with Gasteiger partial charge >= 0.3 is 0 Å². The van der Waals surface area contributed by atoms with Gasteiger partial charge in [-0.1, -0.05) is 18.2 Å². The van der Waals surface area contributed by atoms with Crippen LogP contribution in [0.1, 0.15) is 12.5 Å². The first-order valence-electron chi connectivity index (χ1n) is 6.70. The number of para-hydroxylation sites is 1. The van der Waals surface area contributed by atoms with E-state index in [2.05, 4.69) is 22.1 Å². The maximum absolute atomic E-state index is 5.41. The molecule has 0 saturated carbocycles. The van der Waals surface area contributed by atoms with Crippen molar-refractivity contribution in [3.8, 4) is 5.75 Å². The Morgan fingerprint density at radius 1 is 1.10 bits per heavy atom. The summed E-state index contributed by atoms with van der Waals surface area (Å²) < 4.78 is 5.41. The van der Waals surface area contributed by atoms with E-state index in [0.717, 1.165) is 22.5 Å². The fourth-order valence-electron chi connectivity index (χ4n) is 2.14. The van der Waals surface area contributed by atoms with E-state index >= 15 is 0 Å². The van der Waals surface area contributed by atoms with Gasteiger partial charge in [0.2, 0.25) is 0 Å². The summed E-state index contributed by atoms with van der Waals surface area (Å²) in [6.07, 6.45) is 3.86. The van der Waals surface area contributed by atoms with E-state index in [1.54, 1.807) is 0 Å². The van der Waals surface area contributed by atoms with Crippen LogP contribution in [-0.2, 0) is 0 Å². The van der Waals surface area contributed by atoms with E-state index in [4.69, 9.17) is 4.74 Å². The Labute approximate surface area is 117 Å². The zero-order chi connectivity index (χ0) is 13.8. The second-order valence-electron chi connectivity index (χ2n) is 4.47. The zero-order valence-corrected chi connectivity index (χ0v) is 11.3. The molecule has 1 aromatic heterocycles. The van der Waals surface area contributed by atoms with Gasteiger partial charge in [0.05, 0.1) is 12.3 Å². The molecule has 0 aliphatic carbocycles. The van der Waals surface area contributed by atoms with Gasteiger partial charge < -0.3 is 9.72 Å². The smallest absolute Gasteiger partial charge is 0.119 e. The first-order chi connectivity index (χ1) is 9.86. The van der Waals surface area contributed by atoms with Crippen molar-refractivity contribution < 1.29 is 4.74 Å². The molecule has 0 saturated heterocycles. The lowest BCUT2D eigenvalue weighted by Crippen LogP contribution is -1.89. The van der Waals surface area contributed by atoms with E-state index in [1.165, 1.54) is 5.39 Å². The molecule has 0 radical (unpaired) electrons. The molecule has 3 aromatic rings. The van der Waals surface area contributed by atoms with Crippen LogP contribution in [-0.4, -0.2) is 17.8 Å². The van der Waals surface area contributed by atoms with Crippen molar-refractivity contribution in [1.29, 1.82) is 0 Å². The van der Waals surface area contributed by atoms with Crippen LogP contribution in [0.2, 0.25) is 0 Å².